The molecular weight excluding hydrogens is 338 g/mol. The molecule has 0 atom stereocenters. The van der Waals surface area contributed by atoms with Crippen LogP contribution in [0.25, 0.3) is 27.8 Å². The van der Waals surface area contributed by atoms with Crippen LogP contribution in [0.4, 0.5) is 0 Å². The molecule has 0 spiro atoms. The number of hydrogen-bond acceptors (Lipinski definition) is 2. The molecule has 3 aromatic carbocycles. The van der Waals surface area contributed by atoms with Crippen LogP contribution in [0, 0.1) is 0 Å². The highest BCUT2D eigenvalue weighted by atomic mass is 16.4. The van der Waals surface area contributed by atoms with Crippen molar-refractivity contribution in [3.8, 4) is 16.9 Å². The molecule has 0 bridgehead atoms. The third-order valence-electron chi connectivity index (χ3n) is 4.00. The number of carboxylic acid groups (broad SMARTS) is 1. The molecule has 4 rings (SSSR count). The SMILES string of the molecule is CC(=O)O.O=c1cc(-c2ccccc2)n(-c2ccccc2)c2ccccc12. The lowest BCUT2D eigenvalue weighted by atomic mass is 10.1. The number of carbonyl (C=O) groups is 1. The Labute approximate surface area is 157 Å². The molecule has 1 N–H and O–H groups in total. The molecule has 27 heavy (non-hydrogen) atoms. The number of rotatable bonds is 2. The Kier molecular flexibility index (Phi) is 5.47. The van der Waals surface area contributed by atoms with Crippen LogP contribution in [0.15, 0.2) is 95.8 Å². The van der Waals surface area contributed by atoms with Crippen LogP contribution in [0.2, 0.25) is 0 Å². The van der Waals surface area contributed by atoms with Gasteiger partial charge in [-0.3, -0.25) is 9.59 Å². The Morgan fingerprint density at radius 3 is 1.96 bits per heavy atom. The number of aromatic nitrogens is 1. The van der Waals surface area contributed by atoms with Gasteiger partial charge in [0.1, 0.15) is 0 Å². The summed E-state index contributed by atoms with van der Waals surface area (Å²) in [7, 11) is 0. The maximum absolute atomic E-state index is 12.5. The number of carboxylic acids is 1. The molecule has 0 aliphatic heterocycles. The summed E-state index contributed by atoms with van der Waals surface area (Å²) >= 11 is 0. The van der Waals surface area contributed by atoms with Crippen molar-refractivity contribution < 1.29 is 9.90 Å². The van der Waals surface area contributed by atoms with Gasteiger partial charge in [-0.05, 0) is 29.8 Å². The molecule has 0 unspecified atom stereocenters. The molecule has 0 radical (unpaired) electrons. The monoisotopic (exact) mass is 357 g/mol. The van der Waals surface area contributed by atoms with Crippen LogP contribution in [0.3, 0.4) is 0 Å². The minimum Gasteiger partial charge on any atom is -0.481 e. The lowest BCUT2D eigenvalue weighted by molar-refractivity contribution is -0.134. The van der Waals surface area contributed by atoms with Gasteiger partial charge < -0.3 is 9.67 Å². The van der Waals surface area contributed by atoms with Gasteiger partial charge in [-0.1, -0.05) is 60.7 Å². The fraction of sp³-hybridized carbons (Fsp3) is 0.0435. The van der Waals surface area contributed by atoms with E-state index in [2.05, 4.69) is 16.7 Å². The average Bonchev–Trinajstić information content (AvgIpc) is 2.69. The third-order valence-corrected chi connectivity index (χ3v) is 4.00. The van der Waals surface area contributed by atoms with E-state index in [9.17, 15) is 4.79 Å². The van der Waals surface area contributed by atoms with Crippen molar-refractivity contribution in [3.63, 3.8) is 0 Å². The topological polar surface area (TPSA) is 59.3 Å². The zero-order valence-corrected chi connectivity index (χ0v) is 14.9. The van der Waals surface area contributed by atoms with E-state index in [-0.39, 0.29) is 5.43 Å². The van der Waals surface area contributed by atoms with Crippen LogP contribution >= 0.6 is 0 Å². The quantitative estimate of drug-likeness (QED) is 0.563. The fourth-order valence-electron chi connectivity index (χ4n) is 2.95. The first-order chi connectivity index (χ1) is 13.1. The van der Waals surface area contributed by atoms with E-state index in [1.165, 1.54) is 0 Å². The Morgan fingerprint density at radius 2 is 1.33 bits per heavy atom. The van der Waals surface area contributed by atoms with Crippen LogP contribution < -0.4 is 5.43 Å². The number of hydrogen-bond donors (Lipinski definition) is 1. The van der Waals surface area contributed by atoms with E-state index in [0.29, 0.717) is 0 Å². The Morgan fingerprint density at radius 1 is 0.815 bits per heavy atom. The summed E-state index contributed by atoms with van der Waals surface area (Å²) in [6.07, 6.45) is 0. The standard InChI is InChI=1S/C21H15NO.C2H4O2/c23-21-15-20(16-9-3-1-4-10-16)22(17-11-5-2-6-12-17)19-14-8-7-13-18(19)21;1-2(3)4/h1-15H;1H3,(H,3,4). The predicted molar refractivity (Wildman–Crippen MR) is 108 cm³/mol. The second-order valence-electron chi connectivity index (χ2n) is 5.97. The summed E-state index contributed by atoms with van der Waals surface area (Å²) in [5, 5.41) is 8.15. The zero-order valence-electron chi connectivity index (χ0n) is 14.9. The lowest BCUT2D eigenvalue weighted by Gasteiger charge is -2.17. The Hall–Kier alpha value is -3.66. The van der Waals surface area contributed by atoms with Crippen LogP contribution in [0.5, 0.6) is 0 Å². The van der Waals surface area contributed by atoms with Crippen LogP contribution in [-0.4, -0.2) is 15.6 Å². The second-order valence-corrected chi connectivity index (χ2v) is 5.97. The molecule has 0 aliphatic carbocycles. The van der Waals surface area contributed by atoms with E-state index >= 15 is 0 Å². The first-order valence-electron chi connectivity index (χ1n) is 8.53. The van der Waals surface area contributed by atoms with Gasteiger partial charge in [-0.2, -0.15) is 0 Å². The van der Waals surface area contributed by atoms with E-state index in [1.807, 2.05) is 72.8 Å². The largest absolute Gasteiger partial charge is 0.481 e. The van der Waals surface area contributed by atoms with Gasteiger partial charge in [0, 0.05) is 24.1 Å². The number of fused-ring (bicyclic) bond motifs is 1. The Balaban J connectivity index is 0.000000481. The zero-order chi connectivity index (χ0) is 19.2. The first-order valence-corrected chi connectivity index (χ1v) is 8.53. The molecule has 1 heterocycles. The van der Waals surface area contributed by atoms with Crippen molar-refractivity contribution in [1.29, 1.82) is 0 Å². The normalized spacial score (nSPS) is 10.1. The van der Waals surface area contributed by atoms with Gasteiger partial charge in [0.15, 0.2) is 5.43 Å². The summed E-state index contributed by atoms with van der Waals surface area (Å²) in [5.41, 5.74) is 3.94. The maximum atomic E-state index is 12.5. The van der Waals surface area contributed by atoms with Crippen molar-refractivity contribution in [2.24, 2.45) is 0 Å². The molecular formula is C23H19NO3. The number of pyridine rings is 1. The molecule has 4 aromatic rings. The molecule has 4 nitrogen and oxygen atoms in total. The highest BCUT2D eigenvalue weighted by Crippen LogP contribution is 2.26. The first kappa shape index (κ1) is 18.1. The van der Waals surface area contributed by atoms with Crippen molar-refractivity contribution in [2.75, 3.05) is 0 Å². The molecule has 1 aromatic heterocycles. The number of nitrogens with zero attached hydrogens (tertiary/aromatic N) is 1. The molecule has 0 aliphatic rings. The van der Waals surface area contributed by atoms with Gasteiger partial charge in [-0.25, -0.2) is 0 Å². The third kappa shape index (κ3) is 4.12. The van der Waals surface area contributed by atoms with Crippen molar-refractivity contribution >= 4 is 16.9 Å². The summed E-state index contributed by atoms with van der Waals surface area (Å²) in [6.45, 7) is 1.08. The smallest absolute Gasteiger partial charge is 0.300 e. The molecule has 0 saturated heterocycles. The van der Waals surface area contributed by atoms with Gasteiger partial charge in [0.2, 0.25) is 0 Å². The maximum Gasteiger partial charge on any atom is 0.300 e. The van der Waals surface area contributed by atoms with E-state index in [1.54, 1.807) is 6.07 Å². The fourth-order valence-corrected chi connectivity index (χ4v) is 2.95. The predicted octanol–water partition coefficient (Wildman–Crippen LogP) is 4.75. The Bertz CT molecular complexity index is 1110. The summed E-state index contributed by atoms with van der Waals surface area (Å²) in [4.78, 5) is 21.5. The minimum absolute atomic E-state index is 0.0478. The van der Waals surface area contributed by atoms with Crippen molar-refractivity contribution in [3.05, 3.63) is 101 Å². The molecule has 4 heteroatoms. The highest BCUT2D eigenvalue weighted by molar-refractivity contribution is 5.84. The van der Waals surface area contributed by atoms with E-state index < -0.39 is 5.97 Å². The molecule has 0 amide bonds. The molecule has 0 saturated carbocycles. The van der Waals surface area contributed by atoms with Gasteiger partial charge in [0.25, 0.3) is 5.97 Å². The second kappa shape index (κ2) is 8.15. The number of para-hydroxylation sites is 2. The van der Waals surface area contributed by atoms with Gasteiger partial charge in [-0.15, -0.1) is 0 Å². The molecule has 134 valence electrons. The minimum atomic E-state index is -0.833. The van der Waals surface area contributed by atoms with Crippen LogP contribution in [-0.2, 0) is 4.79 Å². The van der Waals surface area contributed by atoms with Crippen LogP contribution in [0.1, 0.15) is 6.92 Å². The van der Waals surface area contributed by atoms with Gasteiger partial charge in [0.05, 0.1) is 11.2 Å². The highest BCUT2D eigenvalue weighted by Gasteiger charge is 2.11. The molecule has 0 fully saturated rings. The average molecular weight is 357 g/mol. The summed E-state index contributed by atoms with van der Waals surface area (Å²) in [6, 6.07) is 29.6. The van der Waals surface area contributed by atoms with Crippen molar-refractivity contribution in [2.45, 2.75) is 6.92 Å². The van der Waals surface area contributed by atoms with E-state index in [4.69, 9.17) is 9.90 Å². The number of aliphatic carboxylic acids is 1. The number of benzene rings is 3. The van der Waals surface area contributed by atoms with Crippen molar-refractivity contribution in [1.82, 2.24) is 4.57 Å². The van der Waals surface area contributed by atoms with E-state index in [0.717, 1.165) is 34.8 Å². The lowest BCUT2D eigenvalue weighted by Crippen LogP contribution is -2.10. The van der Waals surface area contributed by atoms with Gasteiger partial charge >= 0.3 is 0 Å². The summed E-state index contributed by atoms with van der Waals surface area (Å²) < 4.78 is 2.14. The summed E-state index contributed by atoms with van der Waals surface area (Å²) in [5.74, 6) is -0.833.